The van der Waals surface area contributed by atoms with Crippen molar-refractivity contribution in [1.29, 1.82) is 0 Å². The largest absolute Gasteiger partial charge is 0.393 e. The van der Waals surface area contributed by atoms with E-state index in [2.05, 4.69) is 6.92 Å². The van der Waals surface area contributed by atoms with E-state index in [0.717, 1.165) is 12.8 Å². The fourth-order valence-corrected chi connectivity index (χ4v) is 3.22. The number of rotatable bonds is 18. The second kappa shape index (κ2) is 17.3. The summed E-state index contributed by atoms with van der Waals surface area (Å²) in [4.78, 5) is 10.9. The molecule has 1 amide bonds. The summed E-state index contributed by atoms with van der Waals surface area (Å²) in [6.07, 6.45) is 19.8. The molecule has 0 spiro atoms. The summed E-state index contributed by atoms with van der Waals surface area (Å²) in [5, 5.41) is 9.85. The van der Waals surface area contributed by atoms with Crippen molar-refractivity contribution in [3.63, 3.8) is 0 Å². The molecule has 0 bridgehead atoms. The summed E-state index contributed by atoms with van der Waals surface area (Å²) in [6.45, 7) is 4.06. The van der Waals surface area contributed by atoms with Crippen LogP contribution in [0.3, 0.4) is 0 Å². The molecule has 0 fully saturated rings. The molecule has 0 aliphatic rings. The third-order valence-electron chi connectivity index (χ3n) is 5.00. The lowest BCUT2D eigenvalue weighted by Crippen LogP contribution is -2.24. The van der Waals surface area contributed by atoms with E-state index in [9.17, 15) is 9.90 Å². The van der Waals surface area contributed by atoms with E-state index in [-0.39, 0.29) is 17.9 Å². The second-order valence-corrected chi connectivity index (χ2v) is 7.58. The molecular formula is C21H43NO2. The molecule has 0 aromatic heterocycles. The van der Waals surface area contributed by atoms with E-state index in [1.54, 1.807) is 6.92 Å². The average molecular weight is 342 g/mol. The van der Waals surface area contributed by atoms with E-state index < -0.39 is 0 Å². The molecule has 3 heteroatoms. The van der Waals surface area contributed by atoms with Gasteiger partial charge >= 0.3 is 0 Å². The van der Waals surface area contributed by atoms with Crippen LogP contribution in [0.5, 0.6) is 0 Å². The van der Waals surface area contributed by atoms with Crippen molar-refractivity contribution in [2.24, 2.45) is 11.7 Å². The number of hydrogen-bond acceptors (Lipinski definition) is 2. The van der Waals surface area contributed by atoms with Crippen LogP contribution in [0.1, 0.15) is 117 Å². The topological polar surface area (TPSA) is 63.3 Å². The van der Waals surface area contributed by atoms with Gasteiger partial charge in [0.2, 0.25) is 5.91 Å². The van der Waals surface area contributed by atoms with Crippen LogP contribution < -0.4 is 5.73 Å². The van der Waals surface area contributed by atoms with Gasteiger partial charge < -0.3 is 10.8 Å². The molecule has 0 rings (SSSR count). The predicted molar refractivity (Wildman–Crippen MR) is 104 cm³/mol. The summed E-state index contributed by atoms with van der Waals surface area (Å²) < 4.78 is 0. The molecule has 24 heavy (non-hydrogen) atoms. The molecule has 2 atom stereocenters. The van der Waals surface area contributed by atoms with Crippen LogP contribution in [-0.4, -0.2) is 17.1 Å². The van der Waals surface area contributed by atoms with Gasteiger partial charge in [-0.05, 0) is 12.8 Å². The summed E-state index contributed by atoms with van der Waals surface area (Å²) in [7, 11) is 0. The van der Waals surface area contributed by atoms with Crippen molar-refractivity contribution in [2.75, 3.05) is 0 Å². The zero-order chi connectivity index (χ0) is 18.0. The fourth-order valence-electron chi connectivity index (χ4n) is 3.22. The summed E-state index contributed by atoms with van der Waals surface area (Å²) in [5.74, 6) is -0.526. The Labute approximate surface area is 150 Å². The molecule has 0 aliphatic heterocycles. The quantitative estimate of drug-likeness (QED) is 0.313. The molecule has 0 aromatic carbocycles. The molecule has 0 aliphatic carbocycles. The van der Waals surface area contributed by atoms with Crippen LogP contribution in [0, 0.1) is 5.92 Å². The first-order valence-corrected chi connectivity index (χ1v) is 10.5. The van der Waals surface area contributed by atoms with Crippen LogP contribution in [0.15, 0.2) is 0 Å². The number of carbonyl (C=O) groups excluding carboxylic acids is 1. The molecule has 2 unspecified atom stereocenters. The molecule has 0 radical (unpaired) electrons. The van der Waals surface area contributed by atoms with Crippen molar-refractivity contribution in [3.05, 3.63) is 0 Å². The maximum atomic E-state index is 10.9. The van der Waals surface area contributed by atoms with Gasteiger partial charge in [-0.3, -0.25) is 4.79 Å². The number of aliphatic hydroxyl groups excluding tert-OH is 1. The SMILES string of the molecule is CCCCCCCCCCCCCCCCC(O)CC(C)C(N)=O. The smallest absolute Gasteiger partial charge is 0.220 e. The summed E-state index contributed by atoms with van der Waals surface area (Å²) in [5.41, 5.74) is 5.21. The molecule has 0 heterocycles. The van der Waals surface area contributed by atoms with Gasteiger partial charge in [0.1, 0.15) is 0 Å². The van der Waals surface area contributed by atoms with E-state index in [4.69, 9.17) is 5.73 Å². The van der Waals surface area contributed by atoms with Crippen LogP contribution >= 0.6 is 0 Å². The zero-order valence-corrected chi connectivity index (χ0v) is 16.4. The van der Waals surface area contributed by atoms with Gasteiger partial charge in [-0.25, -0.2) is 0 Å². The van der Waals surface area contributed by atoms with Crippen molar-refractivity contribution in [2.45, 2.75) is 123 Å². The highest BCUT2D eigenvalue weighted by Crippen LogP contribution is 2.15. The number of aliphatic hydroxyl groups is 1. The van der Waals surface area contributed by atoms with Crippen LogP contribution in [0.2, 0.25) is 0 Å². The van der Waals surface area contributed by atoms with Gasteiger partial charge in [-0.2, -0.15) is 0 Å². The molecule has 0 saturated heterocycles. The van der Waals surface area contributed by atoms with E-state index >= 15 is 0 Å². The van der Waals surface area contributed by atoms with Gasteiger partial charge in [-0.1, -0.05) is 104 Å². The molecule has 3 N–H and O–H groups in total. The highest BCUT2D eigenvalue weighted by atomic mass is 16.3. The summed E-state index contributed by atoms with van der Waals surface area (Å²) >= 11 is 0. The Bertz CT molecular complexity index is 281. The van der Waals surface area contributed by atoms with Crippen LogP contribution in [-0.2, 0) is 4.79 Å². The first-order valence-electron chi connectivity index (χ1n) is 10.5. The maximum absolute atomic E-state index is 10.9. The predicted octanol–water partition coefficient (Wildman–Crippen LogP) is 5.73. The lowest BCUT2D eigenvalue weighted by atomic mass is 9.98. The third kappa shape index (κ3) is 16.3. The van der Waals surface area contributed by atoms with Crippen molar-refractivity contribution in [3.8, 4) is 0 Å². The highest BCUT2D eigenvalue weighted by molar-refractivity contribution is 5.76. The maximum Gasteiger partial charge on any atom is 0.220 e. The monoisotopic (exact) mass is 341 g/mol. The number of unbranched alkanes of at least 4 members (excludes halogenated alkanes) is 13. The Morgan fingerprint density at radius 1 is 0.792 bits per heavy atom. The standard InChI is InChI=1S/C21H43NO2/c1-3-4-5-6-7-8-9-10-11-12-13-14-15-16-17-20(23)18-19(2)21(22)24/h19-20,23H,3-18H2,1-2H3,(H2,22,24). The number of primary amides is 1. The molecule has 3 nitrogen and oxygen atoms in total. The minimum absolute atomic E-state index is 0.216. The highest BCUT2D eigenvalue weighted by Gasteiger charge is 2.14. The normalized spacial score (nSPS) is 13.8. The van der Waals surface area contributed by atoms with Crippen LogP contribution in [0.4, 0.5) is 0 Å². The van der Waals surface area contributed by atoms with E-state index in [1.165, 1.54) is 83.5 Å². The number of amides is 1. The van der Waals surface area contributed by atoms with Crippen molar-refractivity contribution < 1.29 is 9.90 Å². The Balaban J connectivity index is 3.18. The Kier molecular flexibility index (Phi) is 16.8. The van der Waals surface area contributed by atoms with E-state index in [0.29, 0.717) is 6.42 Å². The zero-order valence-electron chi connectivity index (χ0n) is 16.4. The number of hydrogen-bond donors (Lipinski definition) is 2. The van der Waals surface area contributed by atoms with Crippen molar-refractivity contribution in [1.82, 2.24) is 0 Å². The first-order chi connectivity index (χ1) is 11.6. The van der Waals surface area contributed by atoms with Gasteiger partial charge in [-0.15, -0.1) is 0 Å². The van der Waals surface area contributed by atoms with Crippen molar-refractivity contribution >= 4 is 5.91 Å². The van der Waals surface area contributed by atoms with E-state index in [1.807, 2.05) is 0 Å². The van der Waals surface area contributed by atoms with Gasteiger partial charge in [0, 0.05) is 5.92 Å². The fraction of sp³-hybridized carbons (Fsp3) is 0.952. The molecule has 144 valence electrons. The summed E-state index contributed by atoms with van der Waals surface area (Å²) in [6, 6.07) is 0. The Hall–Kier alpha value is -0.570. The number of nitrogens with two attached hydrogens (primary N) is 1. The van der Waals surface area contributed by atoms with Gasteiger partial charge in [0.15, 0.2) is 0 Å². The van der Waals surface area contributed by atoms with Crippen LogP contribution in [0.25, 0.3) is 0 Å². The molecule has 0 saturated carbocycles. The van der Waals surface area contributed by atoms with Gasteiger partial charge in [0.05, 0.1) is 6.10 Å². The lowest BCUT2D eigenvalue weighted by molar-refractivity contribution is -0.122. The third-order valence-corrected chi connectivity index (χ3v) is 5.00. The molecule has 0 aromatic rings. The molecular weight excluding hydrogens is 298 g/mol. The first kappa shape index (κ1) is 23.4. The van der Waals surface area contributed by atoms with Gasteiger partial charge in [0.25, 0.3) is 0 Å². The lowest BCUT2D eigenvalue weighted by Gasteiger charge is -2.13. The Morgan fingerprint density at radius 3 is 1.54 bits per heavy atom. The average Bonchev–Trinajstić information content (AvgIpc) is 2.55. The minimum atomic E-state index is -0.371. The minimum Gasteiger partial charge on any atom is -0.393 e. The Morgan fingerprint density at radius 2 is 1.17 bits per heavy atom. The second-order valence-electron chi connectivity index (χ2n) is 7.58. The number of carbonyl (C=O) groups is 1.